The summed E-state index contributed by atoms with van der Waals surface area (Å²) in [6.45, 7) is 3.59. The van der Waals surface area contributed by atoms with Gasteiger partial charge in [0, 0.05) is 29.8 Å². The normalized spacial score (nSPS) is 17.8. The maximum Gasteiger partial charge on any atom is 0.186 e. The Labute approximate surface area is 134 Å². The summed E-state index contributed by atoms with van der Waals surface area (Å²) < 4.78 is 14.2. The number of aromatic nitrogens is 2. The van der Waals surface area contributed by atoms with Gasteiger partial charge in [-0.2, -0.15) is 0 Å². The number of nitrogens with zero attached hydrogens (tertiary/aromatic N) is 3. The second kappa shape index (κ2) is 6.48. The van der Waals surface area contributed by atoms with Crippen molar-refractivity contribution in [2.75, 3.05) is 23.3 Å². The largest absolute Gasteiger partial charge is 0.369 e. The molecule has 1 aromatic heterocycles. The quantitative estimate of drug-likeness (QED) is 0.935. The van der Waals surface area contributed by atoms with Gasteiger partial charge in [-0.25, -0.2) is 14.4 Å². The van der Waals surface area contributed by atoms with Crippen LogP contribution in [0.5, 0.6) is 0 Å². The SMILES string of the molecule is CCc1ncnc(NC2CCN(c3cccc(Cl)c3)C2)c1F. The highest BCUT2D eigenvalue weighted by Crippen LogP contribution is 2.25. The molecule has 0 spiro atoms. The molecule has 3 rings (SSSR count). The first kappa shape index (κ1) is 15.0. The van der Waals surface area contributed by atoms with Crippen LogP contribution in [0.3, 0.4) is 0 Å². The predicted octanol–water partition coefficient (Wildman–Crippen LogP) is 3.52. The third kappa shape index (κ3) is 3.14. The van der Waals surface area contributed by atoms with E-state index in [1.165, 1.54) is 6.33 Å². The zero-order valence-corrected chi connectivity index (χ0v) is 13.1. The molecular formula is C16H18ClFN4. The van der Waals surface area contributed by atoms with E-state index in [0.717, 1.165) is 30.2 Å². The van der Waals surface area contributed by atoms with Gasteiger partial charge in [-0.3, -0.25) is 0 Å². The fraction of sp³-hybridized carbons (Fsp3) is 0.375. The van der Waals surface area contributed by atoms with Crippen molar-refractivity contribution in [1.82, 2.24) is 9.97 Å². The first-order valence-electron chi connectivity index (χ1n) is 7.43. The summed E-state index contributed by atoms with van der Waals surface area (Å²) in [6.07, 6.45) is 2.90. The van der Waals surface area contributed by atoms with Crippen LogP contribution in [-0.4, -0.2) is 29.1 Å². The summed E-state index contributed by atoms with van der Waals surface area (Å²) in [5.74, 6) is -0.0454. The molecule has 1 unspecified atom stereocenters. The zero-order chi connectivity index (χ0) is 15.5. The molecule has 2 aromatic rings. The third-order valence-electron chi connectivity index (χ3n) is 3.90. The van der Waals surface area contributed by atoms with Gasteiger partial charge in [-0.1, -0.05) is 24.6 Å². The van der Waals surface area contributed by atoms with Crippen LogP contribution in [0.25, 0.3) is 0 Å². The Morgan fingerprint density at radius 1 is 1.41 bits per heavy atom. The Morgan fingerprint density at radius 2 is 2.27 bits per heavy atom. The van der Waals surface area contributed by atoms with Crippen molar-refractivity contribution in [2.24, 2.45) is 0 Å². The van der Waals surface area contributed by atoms with Gasteiger partial charge in [-0.05, 0) is 31.0 Å². The van der Waals surface area contributed by atoms with Gasteiger partial charge in [-0.15, -0.1) is 0 Å². The van der Waals surface area contributed by atoms with Crippen molar-refractivity contribution in [3.63, 3.8) is 0 Å². The maximum atomic E-state index is 14.2. The van der Waals surface area contributed by atoms with Crippen LogP contribution in [-0.2, 0) is 6.42 Å². The fourth-order valence-corrected chi connectivity index (χ4v) is 2.92. The van der Waals surface area contributed by atoms with Crippen LogP contribution < -0.4 is 10.2 Å². The van der Waals surface area contributed by atoms with E-state index in [2.05, 4.69) is 20.2 Å². The number of hydrogen-bond donors (Lipinski definition) is 1. The molecule has 116 valence electrons. The lowest BCUT2D eigenvalue weighted by molar-refractivity contribution is 0.593. The first-order valence-corrected chi connectivity index (χ1v) is 7.81. The highest BCUT2D eigenvalue weighted by atomic mass is 35.5. The fourth-order valence-electron chi connectivity index (χ4n) is 2.73. The number of nitrogens with one attached hydrogen (secondary N) is 1. The monoisotopic (exact) mass is 320 g/mol. The molecule has 0 radical (unpaired) electrons. The van der Waals surface area contributed by atoms with Crippen molar-refractivity contribution in [1.29, 1.82) is 0 Å². The van der Waals surface area contributed by atoms with Crippen molar-refractivity contribution < 1.29 is 4.39 Å². The minimum Gasteiger partial charge on any atom is -0.369 e. The van der Waals surface area contributed by atoms with E-state index in [1.807, 2.05) is 31.2 Å². The van der Waals surface area contributed by atoms with Crippen molar-refractivity contribution in [3.05, 3.63) is 47.1 Å². The molecule has 1 fully saturated rings. The van der Waals surface area contributed by atoms with Gasteiger partial charge in [0.15, 0.2) is 11.6 Å². The molecule has 0 aliphatic carbocycles. The summed E-state index contributed by atoms with van der Waals surface area (Å²) in [6, 6.07) is 7.95. The molecule has 1 N–H and O–H groups in total. The van der Waals surface area contributed by atoms with Crippen LogP contribution in [0.1, 0.15) is 19.0 Å². The second-order valence-corrected chi connectivity index (χ2v) is 5.83. The minimum atomic E-state index is -0.341. The maximum absolute atomic E-state index is 14.2. The first-order chi connectivity index (χ1) is 10.7. The number of hydrogen-bond acceptors (Lipinski definition) is 4. The van der Waals surface area contributed by atoms with Gasteiger partial charge >= 0.3 is 0 Å². The number of halogens is 2. The van der Waals surface area contributed by atoms with E-state index in [4.69, 9.17) is 11.6 Å². The Hall–Kier alpha value is -1.88. The lowest BCUT2D eigenvalue weighted by Gasteiger charge is -2.19. The van der Waals surface area contributed by atoms with Crippen molar-refractivity contribution >= 4 is 23.1 Å². The molecule has 1 aromatic carbocycles. The van der Waals surface area contributed by atoms with Gasteiger partial charge in [0.25, 0.3) is 0 Å². The molecule has 0 bridgehead atoms. The zero-order valence-electron chi connectivity index (χ0n) is 12.4. The summed E-state index contributed by atoms with van der Waals surface area (Å²) in [5.41, 5.74) is 1.54. The number of aryl methyl sites for hydroxylation is 1. The lowest BCUT2D eigenvalue weighted by Crippen LogP contribution is -2.27. The smallest absolute Gasteiger partial charge is 0.186 e. The van der Waals surface area contributed by atoms with Gasteiger partial charge in [0.1, 0.15) is 6.33 Å². The predicted molar refractivity (Wildman–Crippen MR) is 87.1 cm³/mol. The summed E-state index contributed by atoms with van der Waals surface area (Å²) in [5, 5.41) is 3.92. The second-order valence-electron chi connectivity index (χ2n) is 5.39. The van der Waals surface area contributed by atoms with Crippen molar-refractivity contribution in [2.45, 2.75) is 25.8 Å². The van der Waals surface area contributed by atoms with Crippen LogP contribution in [0.2, 0.25) is 5.02 Å². The van der Waals surface area contributed by atoms with Crippen LogP contribution in [0, 0.1) is 5.82 Å². The van der Waals surface area contributed by atoms with Gasteiger partial charge < -0.3 is 10.2 Å². The Kier molecular flexibility index (Phi) is 4.43. The molecule has 6 heteroatoms. The molecular weight excluding hydrogens is 303 g/mol. The highest BCUT2D eigenvalue weighted by molar-refractivity contribution is 6.30. The van der Waals surface area contributed by atoms with E-state index in [0.29, 0.717) is 17.9 Å². The van der Waals surface area contributed by atoms with Crippen LogP contribution >= 0.6 is 11.6 Å². The summed E-state index contributed by atoms with van der Waals surface area (Å²) >= 11 is 6.03. The van der Waals surface area contributed by atoms with Gasteiger partial charge in [0.2, 0.25) is 0 Å². The molecule has 1 aliphatic heterocycles. The number of benzene rings is 1. The standard InChI is InChI=1S/C16H18ClFN4/c1-2-14-15(18)16(20-10-19-14)21-12-6-7-22(9-12)13-5-3-4-11(17)8-13/h3-5,8,10,12H,2,6-7,9H2,1H3,(H,19,20,21). The van der Waals surface area contributed by atoms with E-state index >= 15 is 0 Å². The molecule has 0 amide bonds. The van der Waals surface area contributed by atoms with E-state index < -0.39 is 0 Å². The summed E-state index contributed by atoms with van der Waals surface area (Å²) in [7, 11) is 0. The Balaban J connectivity index is 1.69. The van der Waals surface area contributed by atoms with Crippen LogP contribution in [0.4, 0.5) is 15.9 Å². The van der Waals surface area contributed by atoms with Gasteiger partial charge in [0.05, 0.1) is 5.69 Å². The highest BCUT2D eigenvalue weighted by Gasteiger charge is 2.24. The molecule has 4 nitrogen and oxygen atoms in total. The average molecular weight is 321 g/mol. The number of anilines is 2. The third-order valence-corrected chi connectivity index (χ3v) is 4.13. The molecule has 2 heterocycles. The Morgan fingerprint density at radius 3 is 3.05 bits per heavy atom. The Bertz CT molecular complexity index is 664. The van der Waals surface area contributed by atoms with E-state index in [-0.39, 0.29) is 11.9 Å². The van der Waals surface area contributed by atoms with Crippen LogP contribution in [0.15, 0.2) is 30.6 Å². The molecule has 22 heavy (non-hydrogen) atoms. The van der Waals surface area contributed by atoms with E-state index in [1.54, 1.807) is 0 Å². The minimum absolute atomic E-state index is 0.160. The average Bonchev–Trinajstić information content (AvgIpc) is 2.98. The topological polar surface area (TPSA) is 41.1 Å². The molecule has 1 atom stereocenters. The number of rotatable bonds is 4. The molecule has 0 saturated carbocycles. The van der Waals surface area contributed by atoms with Crippen molar-refractivity contribution in [3.8, 4) is 0 Å². The molecule has 1 saturated heterocycles. The lowest BCUT2D eigenvalue weighted by atomic mass is 10.2. The van der Waals surface area contributed by atoms with E-state index in [9.17, 15) is 4.39 Å². The molecule has 1 aliphatic rings. The summed E-state index contributed by atoms with van der Waals surface area (Å²) in [4.78, 5) is 10.2.